The first kappa shape index (κ1) is 17.8. The summed E-state index contributed by atoms with van der Waals surface area (Å²) in [6.07, 6.45) is -4.48. The monoisotopic (exact) mass is 345 g/mol. The molecule has 0 aliphatic carbocycles. The van der Waals surface area contributed by atoms with Crippen molar-refractivity contribution < 1.29 is 37.0 Å². The van der Waals surface area contributed by atoms with Crippen molar-refractivity contribution in [2.75, 3.05) is 32.5 Å². The number of halogens is 3. The van der Waals surface area contributed by atoms with Crippen LogP contribution in [-0.2, 0) is 30.0 Å². The Labute approximate surface area is 135 Å². The van der Waals surface area contributed by atoms with Gasteiger partial charge in [-0.05, 0) is 24.3 Å². The Morgan fingerprint density at radius 3 is 2.17 bits per heavy atom. The first-order valence-corrected chi connectivity index (χ1v) is 6.72. The third-order valence-electron chi connectivity index (χ3n) is 3.34. The van der Waals surface area contributed by atoms with E-state index >= 15 is 0 Å². The van der Waals surface area contributed by atoms with E-state index in [1.807, 2.05) is 0 Å². The molecule has 0 radical (unpaired) electrons. The highest BCUT2D eigenvalue weighted by atomic mass is 19.4. The van der Waals surface area contributed by atoms with Gasteiger partial charge in [-0.1, -0.05) is 0 Å². The number of esters is 2. The van der Waals surface area contributed by atoms with E-state index in [0.29, 0.717) is 0 Å². The average Bonchev–Trinajstić information content (AvgIpc) is 2.59. The van der Waals surface area contributed by atoms with Crippen LogP contribution in [0.2, 0.25) is 0 Å². The maximum absolute atomic E-state index is 12.7. The van der Waals surface area contributed by atoms with Crippen molar-refractivity contribution in [1.29, 1.82) is 0 Å². The summed E-state index contributed by atoms with van der Waals surface area (Å²) >= 11 is 0. The van der Waals surface area contributed by atoms with Gasteiger partial charge in [0.2, 0.25) is 0 Å². The van der Waals surface area contributed by atoms with E-state index in [9.17, 15) is 22.8 Å². The lowest BCUT2D eigenvalue weighted by Gasteiger charge is -2.31. The fraction of sp³-hybridized carbons (Fsp3) is 0.333. The molecule has 2 rings (SSSR count). The number of hydrogen-bond donors (Lipinski definition) is 0. The van der Waals surface area contributed by atoms with E-state index in [-0.39, 0.29) is 30.3 Å². The third kappa shape index (κ3) is 3.51. The minimum atomic E-state index is -4.48. The maximum atomic E-state index is 12.7. The molecule has 0 aromatic heterocycles. The van der Waals surface area contributed by atoms with Gasteiger partial charge in [-0.15, -0.1) is 0 Å². The lowest BCUT2D eigenvalue weighted by atomic mass is 10.1. The predicted molar refractivity (Wildman–Crippen MR) is 75.8 cm³/mol. The number of ether oxygens (including phenoxy) is 3. The summed E-state index contributed by atoms with van der Waals surface area (Å²) in [6, 6.07) is 4.10. The molecular formula is C15H14F3NO5. The molecule has 1 heterocycles. The van der Waals surface area contributed by atoms with Crippen LogP contribution in [0.15, 0.2) is 35.5 Å². The second-order valence-electron chi connectivity index (χ2n) is 4.76. The molecule has 130 valence electrons. The van der Waals surface area contributed by atoms with Crippen molar-refractivity contribution >= 4 is 17.6 Å². The number of hydrogen-bond acceptors (Lipinski definition) is 6. The van der Waals surface area contributed by atoms with Crippen molar-refractivity contribution in [3.05, 3.63) is 41.1 Å². The van der Waals surface area contributed by atoms with E-state index in [2.05, 4.69) is 9.47 Å². The zero-order chi connectivity index (χ0) is 17.9. The van der Waals surface area contributed by atoms with Crippen molar-refractivity contribution in [2.24, 2.45) is 0 Å². The number of nitrogens with zero attached hydrogens (tertiary/aromatic N) is 1. The van der Waals surface area contributed by atoms with Crippen LogP contribution in [0.3, 0.4) is 0 Å². The molecule has 9 heteroatoms. The summed E-state index contributed by atoms with van der Waals surface area (Å²) in [5, 5.41) is 0. The molecular weight excluding hydrogens is 331 g/mol. The minimum absolute atomic E-state index is 0.0736. The summed E-state index contributed by atoms with van der Waals surface area (Å²) in [5.74, 6) is -1.61. The Bertz CT molecular complexity index is 667. The molecule has 0 unspecified atom stereocenters. The Hall–Kier alpha value is -2.55. The summed E-state index contributed by atoms with van der Waals surface area (Å²) in [7, 11) is 2.27. The quantitative estimate of drug-likeness (QED) is 0.782. The van der Waals surface area contributed by atoms with Gasteiger partial charge in [0, 0.05) is 5.69 Å². The molecule has 0 spiro atoms. The fourth-order valence-corrected chi connectivity index (χ4v) is 2.18. The summed E-state index contributed by atoms with van der Waals surface area (Å²) in [5.41, 5.74) is -0.795. The molecule has 1 aromatic carbocycles. The molecule has 6 nitrogen and oxygen atoms in total. The van der Waals surface area contributed by atoms with Gasteiger partial charge in [0.15, 0.2) is 0 Å². The van der Waals surface area contributed by atoms with Crippen LogP contribution < -0.4 is 4.90 Å². The molecule has 0 bridgehead atoms. The summed E-state index contributed by atoms with van der Waals surface area (Å²) in [4.78, 5) is 25.1. The van der Waals surface area contributed by atoms with Crippen molar-refractivity contribution in [3.63, 3.8) is 0 Å². The first-order valence-electron chi connectivity index (χ1n) is 6.72. The molecule has 0 atom stereocenters. The smallest absolute Gasteiger partial charge is 0.416 e. The van der Waals surface area contributed by atoms with Crippen LogP contribution in [0.1, 0.15) is 5.56 Å². The average molecular weight is 345 g/mol. The number of rotatable bonds is 3. The molecule has 0 saturated carbocycles. The van der Waals surface area contributed by atoms with E-state index in [4.69, 9.17) is 4.74 Å². The van der Waals surface area contributed by atoms with Crippen LogP contribution in [0, 0.1) is 0 Å². The van der Waals surface area contributed by atoms with E-state index < -0.39 is 23.7 Å². The normalized spacial score (nSPS) is 15.3. The predicted octanol–water partition coefficient (Wildman–Crippen LogP) is 2.10. The lowest BCUT2D eigenvalue weighted by Crippen LogP contribution is -2.38. The van der Waals surface area contributed by atoms with Crippen molar-refractivity contribution in [2.45, 2.75) is 6.18 Å². The zero-order valence-corrected chi connectivity index (χ0v) is 12.8. The molecule has 1 aliphatic heterocycles. The van der Waals surface area contributed by atoms with Crippen molar-refractivity contribution in [1.82, 2.24) is 0 Å². The van der Waals surface area contributed by atoms with Crippen LogP contribution in [0.4, 0.5) is 18.9 Å². The Morgan fingerprint density at radius 2 is 1.67 bits per heavy atom. The minimum Gasteiger partial charge on any atom is -0.466 e. The fourth-order valence-electron chi connectivity index (χ4n) is 2.18. The Balaban J connectivity index is 2.47. The topological polar surface area (TPSA) is 65.1 Å². The van der Waals surface area contributed by atoms with Gasteiger partial charge >= 0.3 is 18.1 Å². The van der Waals surface area contributed by atoms with Gasteiger partial charge in [0.1, 0.15) is 12.4 Å². The van der Waals surface area contributed by atoms with E-state index in [1.54, 1.807) is 0 Å². The molecule has 0 amide bonds. The van der Waals surface area contributed by atoms with Gasteiger partial charge in [0.25, 0.3) is 0 Å². The standard InChI is InChI=1S/C15H14F3NO5/c1-22-13(20)11-7-24-8-19(12(11)14(21)23-2)10-5-3-9(4-6-10)15(16,17)18/h3-6H,7-8H2,1-2H3. The molecule has 24 heavy (non-hydrogen) atoms. The number of carbonyl (C=O) groups is 2. The second kappa shape index (κ2) is 6.91. The molecule has 0 N–H and O–H groups in total. The zero-order valence-electron chi connectivity index (χ0n) is 12.8. The lowest BCUT2D eigenvalue weighted by molar-refractivity contribution is -0.140. The molecule has 1 aliphatic rings. The largest absolute Gasteiger partial charge is 0.466 e. The third-order valence-corrected chi connectivity index (χ3v) is 3.34. The van der Waals surface area contributed by atoms with Crippen LogP contribution >= 0.6 is 0 Å². The van der Waals surface area contributed by atoms with Gasteiger partial charge < -0.3 is 19.1 Å². The SMILES string of the molecule is COC(=O)C1=C(C(=O)OC)N(c2ccc(C(F)(F)F)cc2)COC1. The van der Waals surface area contributed by atoms with Crippen LogP contribution in [0.5, 0.6) is 0 Å². The molecule has 1 aromatic rings. The van der Waals surface area contributed by atoms with Gasteiger partial charge in [-0.3, -0.25) is 0 Å². The highest BCUT2D eigenvalue weighted by molar-refractivity contribution is 6.03. The molecule has 0 saturated heterocycles. The number of alkyl halides is 3. The highest BCUT2D eigenvalue weighted by Crippen LogP contribution is 2.32. The summed E-state index contributed by atoms with van der Waals surface area (Å²) in [6.45, 7) is -0.301. The van der Waals surface area contributed by atoms with E-state index in [1.165, 1.54) is 17.0 Å². The highest BCUT2D eigenvalue weighted by Gasteiger charge is 2.34. The maximum Gasteiger partial charge on any atom is 0.416 e. The van der Waals surface area contributed by atoms with E-state index in [0.717, 1.165) is 26.4 Å². The van der Waals surface area contributed by atoms with Crippen LogP contribution in [0.25, 0.3) is 0 Å². The first-order chi connectivity index (χ1) is 11.3. The summed E-state index contributed by atoms with van der Waals surface area (Å²) < 4.78 is 52.5. The number of carbonyl (C=O) groups excluding carboxylic acids is 2. The number of benzene rings is 1. The Kier molecular flexibility index (Phi) is 5.13. The van der Waals surface area contributed by atoms with Gasteiger partial charge in [0.05, 0.1) is 32.0 Å². The second-order valence-corrected chi connectivity index (χ2v) is 4.76. The number of methoxy groups -OCH3 is 2. The van der Waals surface area contributed by atoms with Crippen molar-refractivity contribution in [3.8, 4) is 0 Å². The van der Waals surface area contributed by atoms with Gasteiger partial charge in [-0.25, -0.2) is 9.59 Å². The van der Waals surface area contributed by atoms with Gasteiger partial charge in [-0.2, -0.15) is 13.2 Å². The van der Waals surface area contributed by atoms with Crippen LogP contribution in [-0.4, -0.2) is 39.5 Å². The Morgan fingerprint density at radius 1 is 1.08 bits per heavy atom. The molecule has 0 fully saturated rings. The number of anilines is 1.